The van der Waals surface area contributed by atoms with Crippen LogP contribution in [-0.4, -0.2) is 22.5 Å². The van der Waals surface area contributed by atoms with E-state index in [1.165, 1.54) is 22.4 Å². The smallest absolute Gasteiger partial charge is 0.345 e. The number of carbonyl (C=O) groups is 1. The summed E-state index contributed by atoms with van der Waals surface area (Å²) in [4.78, 5) is 20.3. The lowest BCUT2D eigenvalue weighted by Gasteiger charge is -2.24. The summed E-state index contributed by atoms with van der Waals surface area (Å²) in [6, 6.07) is 9.59. The number of aromatic nitrogens is 2. The van der Waals surface area contributed by atoms with Crippen molar-refractivity contribution in [2.45, 2.75) is 12.2 Å². The number of hydrogen-bond donors (Lipinski definition) is 2. The molecule has 2 aromatic heterocycles. The highest BCUT2D eigenvalue weighted by atomic mass is 32.1. The highest BCUT2D eigenvalue weighted by molar-refractivity contribution is 7.10. The van der Waals surface area contributed by atoms with Gasteiger partial charge < -0.3 is 10.3 Å². The van der Waals surface area contributed by atoms with Crippen LogP contribution in [0.3, 0.4) is 0 Å². The van der Waals surface area contributed by atoms with E-state index >= 15 is 4.39 Å². The number of amides is 2. The van der Waals surface area contributed by atoms with Gasteiger partial charge in [-0.25, -0.2) is 14.2 Å². The van der Waals surface area contributed by atoms with E-state index in [-0.39, 0.29) is 18.1 Å². The molecule has 31 heavy (non-hydrogen) atoms. The van der Waals surface area contributed by atoms with E-state index in [0.717, 1.165) is 17.1 Å². The van der Waals surface area contributed by atoms with Crippen LogP contribution in [0.4, 0.5) is 28.0 Å². The quantitative estimate of drug-likeness (QED) is 0.396. The summed E-state index contributed by atoms with van der Waals surface area (Å²) >= 11 is 0.568. The van der Waals surface area contributed by atoms with Gasteiger partial charge in [-0.3, -0.25) is 4.90 Å². The molecule has 5 nitrogen and oxygen atoms in total. The number of aromatic amines is 1. The summed E-state index contributed by atoms with van der Waals surface area (Å²) in [5.74, 6) is -0.591. The van der Waals surface area contributed by atoms with Crippen LogP contribution in [0, 0.1) is 5.82 Å². The number of rotatable bonds is 3. The zero-order valence-electron chi connectivity index (χ0n) is 15.7. The van der Waals surface area contributed by atoms with Crippen molar-refractivity contribution in [1.29, 1.82) is 0 Å². The number of anilines is 1. The van der Waals surface area contributed by atoms with Crippen LogP contribution in [0.15, 0.2) is 54.2 Å². The maximum Gasteiger partial charge on any atom is 0.425 e. The highest BCUT2D eigenvalue weighted by Gasteiger charge is 2.35. The minimum Gasteiger partial charge on any atom is -0.345 e. The molecule has 0 aliphatic carbocycles. The largest absolute Gasteiger partial charge is 0.425 e. The predicted octanol–water partition coefficient (Wildman–Crippen LogP) is 5.72. The normalized spacial score (nSPS) is 16.8. The number of fused-ring (bicyclic) bond motifs is 1. The molecule has 1 saturated heterocycles. The number of H-pyrrole nitrogens is 1. The van der Waals surface area contributed by atoms with Crippen molar-refractivity contribution >= 4 is 34.1 Å². The number of nitrogens with one attached hydrogen (secondary N) is 2. The second-order valence-corrected chi connectivity index (χ2v) is 8.02. The molecule has 4 aromatic rings. The molecule has 1 unspecified atom stereocenters. The van der Waals surface area contributed by atoms with Crippen molar-refractivity contribution in [3.63, 3.8) is 0 Å². The number of nitrogens with zero attached hydrogens (tertiary/aromatic N) is 2. The number of imidazole rings is 1. The molecule has 0 saturated carbocycles. The van der Waals surface area contributed by atoms with Gasteiger partial charge in [0.1, 0.15) is 10.7 Å². The molecule has 0 spiro atoms. The number of carbonyl (C=O) groups excluding carboxylic acids is 1. The van der Waals surface area contributed by atoms with Crippen LogP contribution >= 0.6 is 11.3 Å². The molecule has 2 aromatic carbocycles. The van der Waals surface area contributed by atoms with Gasteiger partial charge in [0, 0.05) is 17.8 Å². The van der Waals surface area contributed by atoms with E-state index < -0.39 is 22.9 Å². The summed E-state index contributed by atoms with van der Waals surface area (Å²) in [5.41, 5.74) is 2.97. The van der Waals surface area contributed by atoms with Crippen LogP contribution in [0.1, 0.15) is 16.5 Å². The summed E-state index contributed by atoms with van der Waals surface area (Å²) in [5, 5.41) is 4.07. The Morgan fingerprint density at radius 2 is 1.94 bits per heavy atom. The molecule has 158 valence electrons. The lowest BCUT2D eigenvalue weighted by atomic mass is 10.0. The first-order chi connectivity index (χ1) is 14.8. The van der Waals surface area contributed by atoms with E-state index in [1.54, 1.807) is 30.6 Å². The lowest BCUT2D eigenvalue weighted by Crippen LogP contribution is -2.30. The molecule has 2 amide bonds. The maximum absolute atomic E-state index is 15.0. The minimum atomic E-state index is -4.44. The number of hydrogen-bond acceptors (Lipinski definition) is 3. The molecule has 0 bridgehead atoms. The zero-order valence-corrected chi connectivity index (χ0v) is 16.5. The lowest BCUT2D eigenvalue weighted by molar-refractivity contribution is -0.134. The van der Waals surface area contributed by atoms with Crippen LogP contribution in [0.5, 0.6) is 0 Å². The minimum absolute atomic E-state index is 0.201. The van der Waals surface area contributed by atoms with Gasteiger partial charge in [-0.05, 0) is 46.8 Å². The Labute approximate surface area is 177 Å². The fraction of sp³-hybridized carbons (Fsp3) is 0.143. The predicted molar refractivity (Wildman–Crippen MR) is 109 cm³/mol. The first-order valence-corrected chi connectivity index (χ1v) is 10.1. The molecule has 1 aliphatic rings. The Kier molecular flexibility index (Phi) is 4.47. The van der Waals surface area contributed by atoms with Crippen molar-refractivity contribution < 1.29 is 22.4 Å². The Balaban J connectivity index is 1.48. The number of benzene rings is 2. The topological polar surface area (TPSA) is 61.0 Å². The molecule has 10 heteroatoms. The SMILES string of the molecule is O=C1NCC(c2ccc(-c3csc(C(F)(F)F)c3)cc2F)N1c1ccc2nc[nH]c2c1. The van der Waals surface area contributed by atoms with E-state index in [2.05, 4.69) is 15.3 Å². The summed E-state index contributed by atoms with van der Waals surface area (Å²) in [7, 11) is 0. The second-order valence-electron chi connectivity index (χ2n) is 7.11. The molecule has 1 atom stereocenters. The van der Waals surface area contributed by atoms with Gasteiger partial charge in [0.25, 0.3) is 0 Å². The van der Waals surface area contributed by atoms with Gasteiger partial charge in [-0.15, -0.1) is 11.3 Å². The molecule has 5 rings (SSSR count). The third-order valence-corrected chi connectivity index (χ3v) is 6.21. The van der Waals surface area contributed by atoms with Gasteiger partial charge in [-0.1, -0.05) is 12.1 Å². The fourth-order valence-electron chi connectivity index (χ4n) is 3.73. The van der Waals surface area contributed by atoms with Crippen molar-refractivity contribution in [3.8, 4) is 11.1 Å². The van der Waals surface area contributed by atoms with Crippen LogP contribution in [0.2, 0.25) is 0 Å². The fourth-order valence-corrected chi connectivity index (χ4v) is 4.52. The Hall–Kier alpha value is -3.40. The third-order valence-electron chi connectivity index (χ3n) is 5.23. The zero-order chi connectivity index (χ0) is 21.8. The highest BCUT2D eigenvalue weighted by Crippen LogP contribution is 2.39. The molecule has 2 N–H and O–H groups in total. The summed E-state index contributed by atoms with van der Waals surface area (Å²) in [6.45, 7) is 0.201. The Bertz CT molecular complexity index is 1300. The van der Waals surface area contributed by atoms with Crippen molar-refractivity contribution in [2.24, 2.45) is 0 Å². The Morgan fingerprint density at radius 3 is 2.68 bits per heavy atom. The van der Waals surface area contributed by atoms with Crippen molar-refractivity contribution in [2.75, 3.05) is 11.4 Å². The van der Waals surface area contributed by atoms with Gasteiger partial charge in [-0.2, -0.15) is 13.2 Å². The second kappa shape index (κ2) is 7.09. The van der Waals surface area contributed by atoms with Crippen LogP contribution in [0.25, 0.3) is 22.2 Å². The first-order valence-electron chi connectivity index (χ1n) is 9.27. The molecule has 1 aliphatic heterocycles. The number of alkyl halides is 3. The van der Waals surface area contributed by atoms with Gasteiger partial charge in [0.15, 0.2) is 0 Å². The third kappa shape index (κ3) is 3.42. The standard InChI is InChI=1S/C21H14F4N4OS/c22-15-5-11(12-6-19(31-9-12)21(23,24)25)1-3-14(15)18-8-26-20(30)29(18)13-2-4-16-17(7-13)28-10-27-16/h1-7,9-10,18H,8H2,(H,26,30)(H,27,28). The summed E-state index contributed by atoms with van der Waals surface area (Å²) < 4.78 is 53.7. The maximum atomic E-state index is 15.0. The van der Waals surface area contributed by atoms with Gasteiger partial charge >= 0.3 is 12.2 Å². The number of urea groups is 1. The average molecular weight is 446 g/mol. The van der Waals surface area contributed by atoms with Crippen LogP contribution < -0.4 is 10.2 Å². The first kappa shape index (κ1) is 19.6. The Morgan fingerprint density at radius 1 is 1.10 bits per heavy atom. The number of thiophene rings is 1. The van der Waals surface area contributed by atoms with Crippen LogP contribution in [-0.2, 0) is 6.18 Å². The van der Waals surface area contributed by atoms with E-state index in [0.29, 0.717) is 28.2 Å². The molecule has 3 heterocycles. The van der Waals surface area contributed by atoms with Crippen molar-refractivity contribution in [1.82, 2.24) is 15.3 Å². The number of halogens is 4. The summed E-state index contributed by atoms with van der Waals surface area (Å²) in [6.07, 6.45) is -2.89. The average Bonchev–Trinajstić information content (AvgIpc) is 3.46. The van der Waals surface area contributed by atoms with E-state index in [4.69, 9.17) is 0 Å². The van der Waals surface area contributed by atoms with Crippen molar-refractivity contribution in [3.05, 3.63) is 70.4 Å². The van der Waals surface area contributed by atoms with E-state index in [1.807, 2.05) is 0 Å². The molecule has 1 fully saturated rings. The van der Waals surface area contributed by atoms with Gasteiger partial charge in [0.05, 0.1) is 23.4 Å². The van der Waals surface area contributed by atoms with E-state index in [9.17, 15) is 18.0 Å². The molecule has 0 radical (unpaired) electrons. The molecular weight excluding hydrogens is 432 g/mol. The molecular formula is C21H14F4N4OS. The van der Waals surface area contributed by atoms with Gasteiger partial charge in [0.2, 0.25) is 0 Å². The monoisotopic (exact) mass is 446 g/mol.